The summed E-state index contributed by atoms with van der Waals surface area (Å²) in [5.41, 5.74) is 1.51. The third kappa shape index (κ3) is 3.56. The monoisotopic (exact) mass is 589 g/mol. The highest BCUT2D eigenvalue weighted by Gasteiger charge is 2.64. The van der Waals surface area contributed by atoms with Gasteiger partial charge in [-0.25, -0.2) is 9.97 Å². The maximum absolute atomic E-state index is 14.5. The molecule has 1 fully saturated rings. The van der Waals surface area contributed by atoms with Crippen LogP contribution in [0.15, 0.2) is 36.7 Å². The van der Waals surface area contributed by atoms with Gasteiger partial charge in [0.2, 0.25) is 5.88 Å². The molecule has 0 radical (unpaired) electrons. The summed E-state index contributed by atoms with van der Waals surface area (Å²) in [5.74, 6) is 0.981. The number of benzene rings is 1. The van der Waals surface area contributed by atoms with Crippen LogP contribution in [0, 0.1) is 6.92 Å². The second-order valence-electron chi connectivity index (χ2n) is 10.8. The Bertz CT molecular complexity index is 1800. The third-order valence-corrected chi connectivity index (χ3v) is 8.32. The molecule has 12 heteroatoms. The summed E-state index contributed by atoms with van der Waals surface area (Å²) in [6.45, 7) is 5.71. The number of pyridine rings is 1. The topological polar surface area (TPSA) is 115 Å². The van der Waals surface area contributed by atoms with Crippen molar-refractivity contribution in [3.05, 3.63) is 75.2 Å². The Morgan fingerprint density at radius 3 is 2.56 bits per heavy atom. The highest BCUT2D eigenvalue weighted by atomic mass is 35.5. The van der Waals surface area contributed by atoms with Crippen LogP contribution in [0.2, 0.25) is 10.0 Å². The Kier molecular flexibility index (Phi) is 5.68. The molecule has 3 aromatic heterocycles. The highest BCUT2D eigenvalue weighted by molar-refractivity contribution is 6.32. The molecule has 1 N–H and O–H groups in total. The summed E-state index contributed by atoms with van der Waals surface area (Å²) in [6.07, 6.45) is 5.28. The van der Waals surface area contributed by atoms with E-state index in [1.54, 1.807) is 44.5 Å². The number of amides is 2. The van der Waals surface area contributed by atoms with Crippen LogP contribution < -0.4 is 15.0 Å². The number of carbonyl (C=O) groups excluding carboxylic acids is 2. The molecule has 2 aliphatic heterocycles. The van der Waals surface area contributed by atoms with Gasteiger partial charge in [0.1, 0.15) is 11.6 Å². The number of fused-ring (bicyclic) bond motifs is 4. The first-order valence-corrected chi connectivity index (χ1v) is 14.0. The zero-order valence-corrected chi connectivity index (χ0v) is 24.2. The van der Waals surface area contributed by atoms with Crippen molar-refractivity contribution in [3.63, 3.8) is 0 Å². The van der Waals surface area contributed by atoms with Gasteiger partial charge in [-0.15, -0.1) is 0 Å². The minimum atomic E-state index is -1.61. The quantitative estimate of drug-likeness (QED) is 0.318. The molecule has 0 bridgehead atoms. The van der Waals surface area contributed by atoms with Crippen molar-refractivity contribution in [3.8, 4) is 17.3 Å². The lowest BCUT2D eigenvalue weighted by Crippen LogP contribution is -2.51. The Labute approximate surface area is 245 Å². The number of hydrogen-bond donors (Lipinski definition) is 1. The van der Waals surface area contributed by atoms with Crippen LogP contribution in [0.1, 0.15) is 71.9 Å². The summed E-state index contributed by atoms with van der Waals surface area (Å²) in [7, 11) is 1.55. The summed E-state index contributed by atoms with van der Waals surface area (Å²) in [6, 6.07) is 6.57. The Morgan fingerprint density at radius 1 is 1.07 bits per heavy atom. The van der Waals surface area contributed by atoms with Gasteiger partial charge in [-0.1, -0.05) is 29.3 Å². The van der Waals surface area contributed by atoms with E-state index in [1.165, 1.54) is 11.1 Å². The van der Waals surface area contributed by atoms with E-state index in [0.717, 1.165) is 18.7 Å². The van der Waals surface area contributed by atoms with Crippen LogP contribution in [-0.4, -0.2) is 43.4 Å². The molecule has 1 saturated carbocycles. The van der Waals surface area contributed by atoms with Crippen molar-refractivity contribution in [1.82, 2.24) is 24.5 Å². The minimum absolute atomic E-state index is 0.138. The first-order valence-electron chi connectivity index (χ1n) is 13.3. The number of nitrogens with one attached hydrogen (secondary N) is 1. The predicted octanol–water partition coefficient (Wildman–Crippen LogP) is 5.67. The van der Waals surface area contributed by atoms with Crippen LogP contribution in [0.3, 0.4) is 0 Å². The minimum Gasteiger partial charge on any atom is -0.480 e. The standard InChI is InChI=1S/C29H25Cl2N7O3/c1-13(2)37-23-22(35-25(37)18-12-33-24(15-5-6-15)36-26(18)41-4)27(39)38(21-10-17(31)11-32-14(21)3)29(23)19-8-7-16(30)9-20(19)34-28(29)40/h7-13,15H,5-6H2,1-4H3,(H,34,40)/t29-/m1/s1. The van der Waals surface area contributed by atoms with Crippen molar-refractivity contribution in [2.45, 2.75) is 51.1 Å². The number of imidazole rings is 1. The van der Waals surface area contributed by atoms with E-state index in [9.17, 15) is 9.59 Å². The van der Waals surface area contributed by atoms with Gasteiger partial charge < -0.3 is 14.6 Å². The molecule has 1 atom stereocenters. The van der Waals surface area contributed by atoms with Crippen LogP contribution in [0.5, 0.6) is 5.88 Å². The summed E-state index contributed by atoms with van der Waals surface area (Å²) < 4.78 is 7.60. The van der Waals surface area contributed by atoms with Gasteiger partial charge in [-0.05, 0) is 51.8 Å². The maximum atomic E-state index is 14.5. The lowest BCUT2D eigenvalue weighted by atomic mass is 9.87. The van der Waals surface area contributed by atoms with Gasteiger partial charge in [0.05, 0.1) is 34.8 Å². The number of hydrogen-bond acceptors (Lipinski definition) is 7. The molecule has 1 spiro atoms. The number of methoxy groups -OCH3 is 1. The molecule has 4 aromatic rings. The van der Waals surface area contributed by atoms with Crippen molar-refractivity contribution >= 4 is 46.4 Å². The second kappa shape index (κ2) is 8.99. The molecular formula is C29H25Cl2N7O3. The molecule has 208 valence electrons. The summed E-state index contributed by atoms with van der Waals surface area (Å²) >= 11 is 12.7. The zero-order chi connectivity index (χ0) is 28.8. The first-order chi connectivity index (χ1) is 19.7. The van der Waals surface area contributed by atoms with Gasteiger partial charge in [0, 0.05) is 40.6 Å². The fourth-order valence-corrected chi connectivity index (χ4v) is 6.28. The zero-order valence-electron chi connectivity index (χ0n) is 22.7. The lowest BCUT2D eigenvalue weighted by molar-refractivity contribution is -0.119. The Hall–Kier alpha value is -4.02. The van der Waals surface area contributed by atoms with Crippen molar-refractivity contribution < 1.29 is 14.3 Å². The Balaban J connectivity index is 1.55. The van der Waals surface area contributed by atoms with Gasteiger partial charge in [-0.3, -0.25) is 19.5 Å². The highest BCUT2D eigenvalue weighted by Crippen LogP contribution is 2.55. The molecule has 0 unspecified atom stereocenters. The maximum Gasteiger partial charge on any atom is 0.280 e. The molecular weight excluding hydrogens is 565 g/mol. The third-order valence-electron chi connectivity index (χ3n) is 7.88. The summed E-state index contributed by atoms with van der Waals surface area (Å²) in [4.78, 5) is 48.8. The normalized spacial score (nSPS) is 19.2. The van der Waals surface area contributed by atoms with Gasteiger partial charge >= 0.3 is 0 Å². The molecule has 2 amide bonds. The number of ether oxygens (including phenoxy) is 1. The van der Waals surface area contributed by atoms with E-state index in [2.05, 4.69) is 20.3 Å². The SMILES string of the molecule is COc1nc(C2CC2)ncc1-c1nc2c(n1C(C)C)[C@]1(C(=O)Nc3cc(Cl)ccc31)N(c1cc(Cl)cnc1C)C2=O. The van der Waals surface area contributed by atoms with Crippen LogP contribution in [-0.2, 0) is 10.3 Å². The van der Waals surface area contributed by atoms with E-state index in [0.29, 0.717) is 61.6 Å². The summed E-state index contributed by atoms with van der Waals surface area (Å²) in [5, 5.41) is 3.75. The molecule has 7 rings (SSSR count). The van der Waals surface area contributed by atoms with Crippen molar-refractivity contribution in [2.24, 2.45) is 0 Å². The first kappa shape index (κ1) is 25.9. The number of anilines is 2. The van der Waals surface area contributed by atoms with E-state index >= 15 is 0 Å². The molecule has 1 aliphatic carbocycles. The molecule has 5 heterocycles. The number of nitrogens with zero attached hydrogens (tertiary/aromatic N) is 6. The molecule has 3 aliphatic rings. The van der Waals surface area contributed by atoms with Gasteiger partial charge in [0.25, 0.3) is 11.8 Å². The van der Waals surface area contributed by atoms with Gasteiger partial charge in [-0.2, -0.15) is 4.98 Å². The van der Waals surface area contributed by atoms with Gasteiger partial charge in [0.15, 0.2) is 11.2 Å². The van der Waals surface area contributed by atoms with E-state index in [-0.39, 0.29) is 11.7 Å². The average molecular weight is 590 g/mol. The number of aryl methyl sites for hydroxylation is 1. The largest absolute Gasteiger partial charge is 0.480 e. The van der Waals surface area contributed by atoms with Crippen LogP contribution in [0.25, 0.3) is 11.4 Å². The van der Waals surface area contributed by atoms with E-state index in [1.807, 2.05) is 18.4 Å². The van der Waals surface area contributed by atoms with E-state index in [4.69, 9.17) is 32.9 Å². The van der Waals surface area contributed by atoms with Crippen molar-refractivity contribution in [2.75, 3.05) is 17.3 Å². The predicted molar refractivity (Wildman–Crippen MR) is 154 cm³/mol. The molecule has 0 saturated heterocycles. The van der Waals surface area contributed by atoms with Crippen LogP contribution >= 0.6 is 23.2 Å². The number of carbonyl (C=O) groups is 2. The fourth-order valence-electron chi connectivity index (χ4n) is 5.95. The molecule has 41 heavy (non-hydrogen) atoms. The fraction of sp³-hybridized carbons (Fsp3) is 0.310. The lowest BCUT2D eigenvalue weighted by Gasteiger charge is -2.36. The second-order valence-corrected chi connectivity index (χ2v) is 11.6. The van der Waals surface area contributed by atoms with Crippen LogP contribution in [0.4, 0.5) is 11.4 Å². The molecule has 10 nitrogen and oxygen atoms in total. The average Bonchev–Trinajstić information content (AvgIpc) is 3.59. The van der Waals surface area contributed by atoms with Crippen molar-refractivity contribution in [1.29, 1.82) is 0 Å². The Morgan fingerprint density at radius 2 is 1.85 bits per heavy atom. The number of halogens is 2. The molecule has 1 aromatic carbocycles. The number of aromatic nitrogens is 5. The smallest absolute Gasteiger partial charge is 0.280 e. The van der Waals surface area contributed by atoms with E-state index < -0.39 is 17.4 Å². The number of rotatable bonds is 5.